The van der Waals surface area contributed by atoms with Gasteiger partial charge in [-0.2, -0.15) is 5.10 Å². The van der Waals surface area contributed by atoms with Crippen LogP contribution in [0.2, 0.25) is 10.0 Å². The van der Waals surface area contributed by atoms with Crippen LogP contribution in [0, 0.1) is 0 Å². The van der Waals surface area contributed by atoms with Gasteiger partial charge < -0.3 is 9.47 Å². The van der Waals surface area contributed by atoms with Crippen molar-refractivity contribution in [2.75, 3.05) is 12.4 Å². The van der Waals surface area contributed by atoms with E-state index in [9.17, 15) is 4.79 Å². The molecule has 11 heteroatoms. The maximum Gasteiger partial charge on any atom is 0.250 e. The van der Waals surface area contributed by atoms with Gasteiger partial charge in [0.05, 0.1) is 28.7 Å². The van der Waals surface area contributed by atoms with E-state index in [-0.39, 0.29) is 18.3 Å². The van der Waals surface area contributed by atoms with E-state index in [1.54, 1.807) is 24.4 Å². The molecular formula is C27H22BrCl2N3O3S2. The number of benzene rings is 3. The number of amides is 1. The van der Waals surface area contributed by atoms with Gasteiger partial charge in [-0.1, -0.05) is 71.4 Å². The molecule has 0 aliphatic rings. The minimum absolute atomic E-state index is 0.201. The van der Waals surface area contributed by atoms with E-state index in [2.05, 4.69) is 31.4 Å². The summed E-state index contributed by atoms with van der Waals surface area (Å²) in [5.41, 5.74) is 6.02. The highest BCUT2D eigenvalue weighted by atomic mass is 79.9. The fourth-order valence-electron chi connectivity index (χ4n) is 3.26. The Morgan fingerprint density at radius 3 is 2.74 bits per heavy atom. The Morgan fingerprint density at radius 1 is 1.16 bits per heavy atom. The smallest absolute Gasteiger partial charge is 0.250 e. The SMILES string of the molecule is CCOc1cc(/C=N/NC(=O)CSc2nc(-c3ccccc3)cs2)cc(Br)c1OCc1ccc(Cl)cc1Cl. The number of hydrazone groups is 1. The summed E-state index contributed by atoms with van der Waals surface area (Å²) >= 11 is 18.7. The second-order valence-electron chi connectivity index (χ2n) is 7.73. The first kappa shape index (κ1) is 28.4. The van der Waals surface area contributed by atoms with Gasteiger partial charge in [-0.25, -0.2) is 10.4 Å². The van der Waals surface area contributed by atoms with Crippen molar-refractivity contribution < 1.29 is 14.3 Å². The molecule has 0 aliphatic heterocycles. The maximum atomic E-state index is 12.3. The highest BCUT2D eigenvalue weighted by Crippen LogP contribution is 2.37. The van der Waals surface area contributed by atoms with Crippen LogP contribution in [0.25, 0.3) is 11.3 Å². The average molecular weight is 651 g/mol. The molecule has 4 rings (SSSR count). The molecule has 0 fully saturated rings. The van der Waals surface area contributed by atoms with E-state index in [0.717, 1.165) is 26.7 Å². The Hall–Kier alpha value is -2.56. The number of rotatable bonds is 11. The standard InChI is InChI=1S/C27H22BrCl2N3O3S2/c1-2-35-24-11-17(10-21(28)26(24)36-14-19-8-9-20(29)12-22(19)30)13-31-33-25(34)16-38-27-32-23(15-37-27)18-6-4-3-5-7-18/h3-13,15H,2,14,16H2,1H3,(H,33,34)/b31-13+. The van der Waals surface area contributed by atoms with Gasteiger partial charge in [0.1, 0.15) is 6.61 Å². The predicted octanol–water partition coefficient (Wildman–Crippen LogP) is 8.10. The van der Waals surface area contributed by atoms with E-state index in [1.165, 1.54) is 23.1 Å². The molecule has 0 saturated heterocycles. The van der Waals surface area contributed by atoms with Crippen LogP contribution >= 0.6 is 62.2 Å². The molecule has 0 radical (unpaired) electrons. The third-order valence-corrected chi connectivity index (χ3v) is 8.20. The minimum Gasteiger partial charge on any atom is -0.490 e. The summed E-state index contributed by atoms with van der Waals surface area (Å²) < 4.78 is 13.3. The van der Waals surface area contributed by atoms with Crippen LogP contribution in [0.4, 0.5) is 0 Å². The molecular weight excluding hydrogens is 629 g/mol. The number of nitrogens with zero attached hydrogens (tertiary/aromatic N) is 2. The normalized spacial score (nSPS) is 11.1. The first-order valence-corrected chi connectivity index (χ1v) is 14.8. The Balaban J connectivity index is 1.34. The molecule has 0 spiro atoms. The number of carbonyl (C=O) groups excluding carboxylic acids is 1. The van der Waals surface area contributed by atoms with Crippen molar-refractivity contribution in [1.29, 1.82) is 0 Å². The molecule has 4 aromatic rings. The van der Waals surface area contributed by atoms with Crippen molar-refractivity contribution in [3.05, 3.63) is 91.7 Å². The topological polar surface area (TPSA) is 72.8 Å². The number of nitrogens with one attached hydrogen (secondary N) is 1. The van der Waals surface area contributed by atoms with Gasteiger partial charge in [-0.15, -0.1) is 11.3 Å². The number of carbonyl (C=O) groups is 1. The molecule has 1 heterocycles. The van der Waals surface area contributed by atoms with Crippen LogP contribution in [-0.4, -0.2) is 29.5 Å². The Labute approximate surface area is 247 Å². The molecule has 1 amide bonds. The molecule has 0 bridgehead atoms. The van der Waals surface area contributed by atoms with Gasteiger partial charge in [0, 0.05) is 26.6 Å². The highest BCUT2D eigenvalue weighted by Gasteiger charge is 2.14. The van der Waals surface area contributed by atoms with Gasteiger partial charge in [0.25, 0.3) is 5.91 Å². The number of thiazole rings is 1. The summed E-state index contributed by atoms with van der Waals surface area (Å²) in [4.78, 5) is 16.9. The zero-order valence-electron chi connectivity index (χ0n) is 20.1. The van der Waals surface area contributed by atoms with E-state index >= 15 is 0 Å². The van der Waals surface area contributed by atoms with Gasteiger partial charge in [-0.05, 0) is 52.7 Å². The third kappa shape index (κ3) is 7.97. The quantitative estimate of drug-likeness (QED) is 0.101. The molecule has 196 valence electrons. The lowest BCUT2D eigenvalue weighted by Gasteiger charge is -2.15. The van der Waals surface area contributed by atoms with E-state index < -0.39 is 0 Å². The average Bonchev–Trinajstić information content (AvgIpc) is 3.38. The van der Waals surface area contributed by atoms with Gasteiger partial charge in [0.2, 0.25) is 0 Å². The second-order valence-corrected chi connectivity index (χ2v) is 11.5. The van der Waals surface area contributed by atoms with Crippen molar-refractivity contribution in [3.8, 4) is 22.8 Å². The van der Waals surface area contributed by atoms with Crippen LogP contribution < -0.4 is 14.9 Å². The summed E-state index contributed by atoms with van der Waals surface area (Å²) in [6.07, 6.45) is 1.55. The van der Waals surface area contributed by atoms with Crippen molar-refractivity contribution in [2.24, 2.45) is 5.10 Å². The number of hydrogen-bond acceptors (Lipinski definition) is 7. The van der Waals surface area contributed by atoms with Crippen LogP contribution in [0.1, 0.15) is 18.1 Å². The summed E-state index contributed by atoms with van der Waals surface area (Å²) in [6.45, 7) is 2.57. The van der Waals surface area contributed by atoms with Gasteiger partial charge in [0.15, 0.2) is 15.8 Å². The third-order valence-electron chi connectivity index (χ3n) is 5.00. The number of hydrogen-bond donors (Lipinski definition) is 1. The molecule has 0 aliphatic carbocycles. The lowest BCUT2D eigenvalue weighted by molar-refractivity contribution is -0.118. The van der Waals surface area contributed by atoms with Crippen molar-refractivity contribution >= 4 is 74.4 Å². The van der Waals surface area contributed by atoms with Crippen molar-refractivity contribution in [1.82, 2.24) is 10.4 Å². The Bertz CT molecular complexity index is 1430. The molecule has 1 aromatic heterocycles. The highest BCUT2D eigenvalue weighted by molar-refractivity contribution is 9.10. The number of halogens is 3. The lowest BCUT2D eigenvalue weighted by atomic mass is 10.2. The van der Waals surface area contributed by atoms with E-state index in [0.29, 0.717) is 32.6 Å². The zero-order valence-corrected chi connectivity index (χ0v) is 24.8. The molecule has 1 N–H and O–H groups in total. The fraction of sp³-hybridized carbons (Fsp3) is 0.148. The Morgan fingerprint density at radius 2 is 1.97 bits per heavy atom. The molecule has 0 unspecified atom stereocenters. The molecule has 0 atom stereocenters. The molecule has 6 nitrogen and oxygen atoms in total. The van der Waals surface area contributed by atoms with Gasteiger partial charge >= 0.3 is 0 Å². The molecule has 3 aromatic carbocycles. The number of aromatic nitrogens is 1. The van der Waals surface area contributed by atoms with Crippen LogP contribution in [-0.2, 0) is 11.4 Å². The van der Waals surface area contributed by atoms with E-state index in [1.807, 2.05) is 54.8 Å². The van der Waals surface area contributed by atoms with E-state index in [4.69, 9.17) is 32.7 Å². The lowest BCUT2D eigenvalue weighted by Crippen LogP contribution is -2.19. The second kappa shape index (κ2) is 14.0. The number of ether oxygens (including phenoxy) is 2. The van der Waals surface area contributed by atoms with Crippen LogP contribution in [0.15, 0.2) is 80.0 Å². The first-order valence-electron chi connectivity index (χ1n) is 11.4. The predicted molar refractivity (Wildman–Crippen MR) is 160 cm³/mol. The van der Waals surface area contributed by atoms with Crippen LogP contribution in [0.5, 0.6) is 11.5 Å². The Kier molecular flexibility index (Phi) is 10.5. The van der Waals surface area contributed by atoms with Crippen molar-refractivity contribution in [2.45, 2.75) is 17.9 Å². The minimum atomic E-state index is -0.230. The maximum absolute atomic E-state index is 12.3. The number of thioether (sulfide) groups is 1. The largest absolute Gasteiger partial charge is 0.490 e. The summed E-state index contributed by atoms with van der Waals surface area (Å²) in [5.74, 6) is 1.04. The fourth-order valence-corrected chi connectivity index (χ4v) is 5.92. The molecule has 0 saturated carbocycles. The molecule has 38 heavy (non-hydrogen) atoms. The summed E-state index contributed by atoms with van der Waals surface area (Å²) in [5, 5.41) is 7.16. The summed E-state index contributed by atoms with van der Waals surface area (Å²) in [6, 6.07) is 18.8. The monoisotopic (exact) mass is 649 g/mol. The summed E-state index contributed by atoms with van der Waals surface area (Å²) in [7, 11) is 0. The van der Waals surface area contributed by atoms with Crippen LogP contribution in [0.3, 0.4) is 0 Å². The van der Waals surface area contributed by atoms with Crippen molar-refractivity contribution in [3.63, 3.8) is 0 Å². The van der Waals surface area contributed by atoms with Gasteiger partial charge in [-0.3, -0.25) is 4.79 Å². The first-order chi connectivity index (χ1) is 18.4. The zero-order chi connectivity index (χ0) is 26.9.